The summed E-state index contributed by atoms with van der Waals surface area (Å²) in [6.07, 6.45) is 0. The second-order valence-electron chi connectivity index (χ2n) is 11.9. The summed E-state index contributed by atoms with van der Waals surface area (Å²) >= 11 is 0. The summed E-state index contributed by atoms with van der Waals surface area (Å²) in [4.78, 5) is 8.84. The molecule has 0 aliphatic carbocycles. The van der Waals surface area contributed by atoms with Crippen LogP contribution in [-0.2, 0) is 40.5 Å². The number of hydrogen-bond acceptors (Lipinski definition) is 15. The summed E-state index contributed by atoms with van der Waals surface area (Å²) in [6, 6.07) is 18.9. The van der Waals surface area contributed by atoms with Crippen LogP contribution in [0.4, 0.5) is 34.1 Å². The molecule has 0 aliphatic heterocycles. The maximum absolute atomic E-state index is 12.7. The number of azo groups is 2. The quantitative estimate of drug-likeness (QED) is 0.0448. The number of phenols is 1. The number of phenolic OH excluding ortho intramolecular Hbond substituents is 1. The Balaban J connectivity index is 1.31. The van der Waals surface area contributed by atoms with Gasteiger partial charge in [-0.3, -0.25) is 23.0 Å². The summed E-state index contributed by atoms with van der Waals surface area (Å²) < 4.78 is 136. The van der Waals surface area contributed by atoms with Gasteiger partial charge in [-0.15, -0.1) is 10.2 Å². The predicted octanol–water partition coefficient (Wildman–Crippen LogP) is 6.35. The van der Waals surface area contributed by atoms with Crippen molar-refractivity contribution < 1.29 is 61.8 Å². The summed E-state index contributed by atoms with van der Waals surface area (Å²) in [7, 11) is -20.4. The molecule has 57 heavy (non-hydrogen) atoms. The van der Waals surface area contributed by atoms with Crippen LogP contribution in [0, 0.1) is 0 Å². The zero-order chi connectivity index (χ0) is 41.7. The molecule has 0 bridgehead atoms. The van der Waals surface area contributed by atoms with E-state index in [0.717, 1.165) is 12.1 Å². The molecule has 8 N–H and O–H groups in total. The Bertz CT molecular complexity index is 3180. The Morgan fingerprint density at radius 2 is 1.09 bits per heavy atom. The van der Waals surface area contributed by atoms with Crippen molar-refractivity contribution in [3.8, 4) is 5.75 Å². The molecule has 294 valence electrons. The first-order chi connectivity index (χ1) is 26.5. The molecule has 0 saturated carbocycles. The van der Waals surface area contributed by atoms with Crippen LogP contribution in [0.15, 0.2) is 137 Å². The average Bonchev–Trinajstić information content (AvgIpc) is 3.11. The minimum Gasteiger partial charge on any atom is -0.505 e. The largest absolute Gasteiger partial charge is 0.505 e. The van der Waals surface area contributed by atoms with E-state index < -0.39 is 93.9 Å². The molecule has 0 heterocycles. The fourth-order valence-corrected chi connectivity index (χ4v) is 7.98. The Morgan fingerprint density at radius 1 is 0.544 bits per heavy atom. The molecule has 0 atom stereocenters. The molecule has 0 radical (unpaired) electrons. The van der Waals surface area contributed by atoms with Gasteiger partial charge in [0.05, 0.1) is 16.3 Å². The van der Waals surface area contributed by atoms with Crippen molar-refractivity contribution in [1.29, 1.82) is 0 Å². The minimum absolute atomic E-state index is 0.00136. The van der Waals surface area contributed by atoms with E-state index in [-0.39, 0.29) is 33.4 Å². The number of nitrogens with two attached hydrogens (primary N) is 1. The highest BCUT2D eigenvalue weighted by Crippen LogP contribution is 2.42. The number of nitrogens with zero attached hydrogens (tertiary/aromatic N) is 4. The molecule has 6 aromatic rings. The third kappa shape index (κ3) is 8.92. The first-order valence-electron chi connectivity index (χ1n) is 15.4. The lowest BCUT2D eigenvalue weighted by Gasteiger charge is -2.11. The Kier molecular flexibility index (Phi) is 10.4. The van der Waals surface area contributed by atoms with Gasteiger partial charge in [0.25, 0.3) is 46.4 Å². The smallest absolute Gasteiger partial charge is 0.296 e. The SMILES string of the molecule is Nc1ccc(C(=O)Nc2ccc3c(O)c(N=Nc4ccc(N=Nc5cc6c(S(=O)(=O)O)cc(S(=O)(=O)O)cc6cc5S(=O)(=O)O)cc4)c(S(=O)(=O)O)cc3c2)cc1. The van der Waals surface area contributed by atoms with E-state index in [2.05, 4.69) is 25.8 Å². The Morgan fingerprint density at radius 3 is 1.65 bits per heavy atom. The molecular weight excluding hydrogens is 833 g/mol. The van der Waals surface area contributed by atoms with Gasteiger partial charge in [0.15, 0.2) is 5.75 Å². The van der Waals surface area contributed by atoms with Gasteiger partial charge in [0.2, 0.25) is 0 Å². The molecule has 6 rings (SSSR count). The average molecular weight is 857 g/mol. The number of hydrogen-bond donors (Lipinski definition) is 7. The lowest BCUT2D eigenvalue weighted by molar-refractivity contribution is 0.102. The highest BCUT2D eigenvalue weighted by Gasteiger charge is 2.25. The first-order valence-corrected chi connectivity index (χ1v) is 21.2. The molecule has 24 heteroatoms. The molecule has 0 aliphatic rings. The zero-order valence-corrected chi connectivity index (χ0v) is 31.4. The van der Waals surface area contributed by atoms with Gasteiger partial charge in [-0.1, -0.05) is 0 Å². The number of amides is 1. The number of fused-ring (bicyclic) bond motifs is 2. The van der Waals surface area contributed by atoms with Crippen molar-refractivity contribution in [3.63, 3.8) is 0 Å². The van der Waals surface area contributed by atoms with E-state index in [9.17, 15) is 61.8 Å². The van der Waals surface area contributed by atoms with Crippen molar-refractivity contribution in [3.05, 3.63) is 103 Å². The van der Waals surface area contributed by atoms with Crippen LogP contribution in [0.2, 0.25) is 0 Å². The van der Waals surface area contributed by atoms with Crippen LogP contribution < -0.4 is 11.1 Å². The van der Waals surface area contributed by atoms with Gasteiger partial charge >= 0.3 is 0 Å². The molecule has 0 unspecified atom stereocenters. The molecule has 1 amide bonds. The van der Waals surface area contributed by atoms with E-state index >= 15 is 0 Å². The van der Waals surface area contributed by atoms with E-state index in [0.29, 0.717) is 23.9 Å². The van der Waals surface area contributed by atoms with Crippen LogP contribution in [0.5, 0.6) is 5.75 Å². The first kappa shape index (κ1) is 40.4. The summed E-state index contributed by atoms with van der Waals surface area (Å²) in [5.74, 6) is -1.18. The number of benzene rings is 6. The molecular formula is C33H24N6O14S4. The second-order valence-corrected chi connectivity index (χ2v) is 17.5. The number of nitrogens with one attached hydrogen (secondary N) is 1. The van der Waals surface area contributed by atoms with Gasteiger partial charge < -0.3 is 16.2 Å². The van der Waals surface area contributed by atoms with E-state index in [1.54, 1.807) is 0 Å². The topological polar surface area (TPSA) is 342 Å². The van der Waals surface area contributed by atoms with Gasteiger partial charge in [-0.05, 0) is 108 Å². The highest BCUT2D eigenvalue weighted by molar-refractivity contribution is 7.87. The van der Waals surface area contributed by atoms with Crippen LogP contribution in [0.1, 0.15) is 10.4 Å². The molecule has 0 spiro atoms. The Labute approximate surface area is 322 Å². The lowest BCUT2D eigenvalue weighted by Crippen LogP contribution is -2.11. The summed E-state index contributed by atoms with van der Waals surface area (Å²) in [5, 5.41) is 28.3. The molecule has 0 aromatic heterocycles. The van der Waals surface area contributed by atoms with Gasteiger partial charge in [-0.2, -0.15) is 43.9 Å². The highest BCUT2D eigenvalue weighted by atomic mass is 32.2. The fourth-order valence-electron chi connectivity index (χ4n) is 5.33. The van der Waals surface area contributed by atoms with Crippen molar-refractivity contribution in [2.75, 3.05) is 11.1 Å². The van der Waals surface area contributed by atoms with Crippen LogP contribution in [0.25, 0.3) is 21.5 Å². The molecule has 20 nitrogen and oxygen atoms in total. The molecule has 6 aromatic carbocycles. The predicted molar refractivity (Wildman–Crippen MR) is 202 cm³/mol. The number of rotatable bonds is 10. The normalized spacial score (nSPS) is 12.8. The number of anilines is 2. The number of carbonyl (C=O) groups is 1. The van der Waals surface area contributed by atoms with Gasteiger partial charge in [0.1, 0.15) is 26.1 Å². The van der Waals surface area contributed by atoms with Crippen LogP contribution >= 0.6 is 0 Å². The minimum atomic E-state index is -5.17. The second kappa shape index (κ2) is 14.7. The summed E-state index contributed by atoms with van der Waals surface area (Å²) in [5.41, 5.74) is 5.36. The van der Waals surface area contributed by atoms with Gasteiger partial charge in [-0.25, -0.2) is 0 Å². The maximum Gasteiger partial charge on any atom is 0.296 e. The van der Waals surface area contributed by atoms with Crippen molar-refractivity contribution in [2.45, 2.75) is 19.6 Å². The van der Waals surface area contributed by atoms with Gasteiger partial charge in [0, 0.05) is 27.7 Å². The number of aromatic hydroxyl groups is 1. The Hall–Kier alpha value is -6.25. The van der Waals surface area contributed by atoms with E-state index in [1.165, 1.54) is 66.7 Å². The van der Waals surface area contributed by atoms with Crippen molar-refractivity contribution in [1.82, 2.24) is 0 Å². The van der Waals surface area contributed by atoms with E-state index in [1.807, 2.05) is 0 Å². The number of nitrogen functional groups attached to an aromatic ring is 1. The molecule has 0 fully saturated rings. The summed E-state index contributed by atoms with van der Waals surface area (Å²) in [6.45, 7) is 0. The number of carbonyl (C=O) groups excluding carboxylic acids is 1. The molecule has 0 saturated heterocycles. The lowest BCUT2D eigenvalue weighted by atomic mass is 10.1. The standard InChI is InChI=1S/C33H24N6O14S4/c34-20-3-1-17(2-4-20)33(41)35-23-9-10-25-18(11-23)14-30(57(51,52)53)31(32(25)40)39-37-22-7-5-21(6-8-22)36-38-27-16-26-19(13-29(27)56(48,49)50)12-24(54(42,43)44)15-28(26)55(45,46)47/h1-16,40H,34H2,(H,35,41)(H,42,43,44)(H,45,46,47)(H,48,49,50)(H,51,52,53). The van der Waals surface area contributed by atoms with Crippen LogP contribution in [0.3, 0.4) is 0 Å². The third-order valence-corrected chi connectivity index (χ3v) is 11.4. The maximum atomic E-state index is 12.7. The zero-order valence-electron chi connectivity index (χ0n) is 28.1. The fraction of sp³-hybridized carbons (Fsp3) is 0. The monoisotopic (exact) mass is 856 g/mol. The van der Waals surface area contributed by atoms with Crippen molar-refractivity contribution in [2.24, 2.45) is 20.5 Å². The van der Waals surface area contributed by atoms with Crippen molar-refractivity contribution >= 4 is 102 Å². The van der Waals surface area contributed by atoms with Crippen LogP contribution in [-0.4, -0.2) is 62.9 Å². The third-order valence-electron chi connectivity index (χ3n) is 7.97. The van der Waals surface area contributed by atoms with E-state index in [4.69, 9.17) is 5.73 Å².